The van der Waals surface area contributed by atoms with Crippen LogP contribution in [-0.4, -0.2) is 43.3 Å². The second-order valence-corrected chi connectivity index (χ2v) is 7.73. The highest BCUT2D eigenvalue weighted by Crippen LogP contribution is 2.30. The molecule has 7 nitrogen and oxygen atoms in total. The first-order valence-electron chi connectivity index (χ1n) is 8.79. The number of fused-ring (bicyclic) bond motifs is 1. The number of para-hydroxylation sites is 1. The number of nitrogens with one attached hydrogen (secondary N) is 1. The third-order valence-corrected chi connectivity index (χ3v) is 5.54. The monoisotopic (exact) mass is 393 g/mol. The average molecular weight is 393 g/mol. The normalized spacial score (nSPS) is 12.2. The van der Waals surface area contributed by atoms with Crippen molar-refractivity contribution < 1.29 is 9.53 Å². The van der Waals surface area contributed by atoms with Crippen LogP contribution in [0.1, 0.15) is 22.8 Å². The van der Waals surface area contributed by atoms with Gasteiger partial charge in [0, 0.05) is 22.7 Å². The second kappa shape index (κ2) is 7.47. The van der Waals surface area contributed by atoms with Crippen LogP contribution >= 0.6 is 11.8 Å². The highest BCUT2D eigenvalue weighted by Gasteiger charge is 2.23. The molecule has 0 bridgehead atoms. The second-order valence-electron chi connectivity index (χ2n) is 6.42. The van der Waals surface area contributed by atoms with E-state index in [4.69, 9.17) is 4.74 Å². The molecule has 0 aliphatic heterocycles. The zero-order valence-electron chi connectivity index (χ0n) is 15.7. The van der Waals surface area contributed by atoms with E-state index in [1.165, 1.54) is 11.8 Å². The Morgan fingerprint density at radius 2 is 2.07 bits per heavy atom. The lowest BCUT2D eigenvalue weighted by molar-refractivity contribution is 0.0995. The van der Waals surface area contributed by atoms with E-state index in [-0.39, 0.29) is 11.0 Å². The highest BCUT2D eigenvalue weighted by atomic mass is 32.2. The van der Waals surface area contributed by atoms with Crippen LogP contribution in [-0.2, 0) is 0 Å². The van der Waals surface area contributed by atoms with Gasteiger partial charge < -0.3 is 9.72 Å². The van der Waals surface area contributed by atoms with Crippen molar-refractivity contribution in [1.82, 2.24) is 25.2 Å². The molecule has 2 aromatic carbocycles. The van der Waals surface area contributed by atoms with Crippen molar-refractivity contribution in [2.24, 2.45) is 0 Å². The molecular formula is C20H19N5O2S. The fourth-order valence-electron chi connectivity index (χ4n) is 3.08. The number of aryl methyl sites for hydroxylation is 1. The van der Waals surface area contributed by atoms with Gasteiger partial charge in [-0.2, -0.15) is 4.68 Å². The molecule has 0 spiro atoms. The van der Waals surface area contributed by atoms with Gasteiger partial charge in [0.2, 0.25) is 5.16 Å². The molecule has 4 rings (SSSR count). The lowest BCUT2D eigenvalue weighted by atomic mass is 10.1. The third-order valence-electron chi connectivity index (χ3n) is 4.51. The minimum absolute atomic E-state index is 0.0215. The SMILES string of the molecule is COc1ccc(C)cc1-n1nnnc1S[C@@H](C)C(=O)c1c[nH]c2ccccc12. The summed E-state index contributed by atoms with van der Waals surface area (Å²) in [6.07, 6.45) is 1.76. The first-order chi connectivity index (χ1) is 13.6. The van der Waals surface area contributed by atoms with Crippen molar-refractivity contribution in [3.8, 4) is 11.4 Å². The Morgan fingerprint density at radius 1 is 1.25 bits per heavy atom. The van der Waals surface area contributed by atoms with Gasteiger partial charge in [0.25, 0.3) is 0 Å². The van der Waals surface area contributed by atoms with E-state index in [0.717, 1.165) is 22.2 Å². The van der Waals surface area contributed by atoms with Gasteiger partial charge >= 0.3 is 0 Å². The summed E-state index contributed by atoms with van der Waals surface area (Å²) in [6, 6.07) is 13.5. The first kappa shape index (κ1) is 18.2. The van der Waals surface area contributed by atoms with Crippen molar-refractivity contribution in [2.75, 3.05) is 7.11 Å². The van der Waals surface area contributed by atoms with Crippen molar-refractivity contribution in [3.63, 3.8) is 0 Å². The Balaban J connectivity index is 1.63. The average Bonchev–Trinajstić information content (AvgIpc) is 3.34. The summed E-state index contributed by atoms with van der Waals surface area (Å²) in [4.78, 5) is 16.2. The van der Waals surface area contributed by atoms with Gasteiger partial charge in [-0.25, -0.2) is 0 Å². The van der Waals surface area contributed by atoms with Crippen LogP contribution in [0.5, 0.6) is 5.75 Å². The maximum atomic E-state index is 13.0. The van der Waals surface area contributed by atoms with Gasteiger partial charge in [-0.3, -0.25) is 4.79 Å². The van der Waals surface area contributed by atoms with Crippen LogP contribution in [0.3, 0.4) is 0 Å². The number of rotatable bonds is 6. The predicted molar refractivity (Wildman–Crippen MR) is 108 cm³/mol. The fraction of sp³-hybridized carbons (Fsp3) is 0.200. The number of hydrogen-bond donors (Lipinski definition) is 1. The Bertz CT molecular complexity index is 1150. The van der Waals surface area contributed by atoms with Gasteiger partial charge in [-0.1, -0.05) is 36.0 Å². The Morgan fingerprint density at radius 3 is 2.89 bits per heavy atom. The molecule has 2 aromatic heterocycles. The van der Waals surface area contributed by atoms with Crippen molar-refractivity contribution in [3.05, 3.63) is 59.8 Å². The van der Waals surface area contributed by atoms with E-state index in [9.17, 15) is 4.79 Å². The maximum absolute atomic E-state index is 13.0. The number of H-pyrrole nitrogens is 1. The number of carbonyl (C=O) groups excluding carboxylic acids is 1. The zero-order chi connectivity index (χ0) is 19.7. The molecule has 28 heavy (non-hydrogen) atoms. The number of Topliss-reactive ketones (excluding diaryl/α,β-unsaturated/α-hetero) is 1. The molecule has 0 saturated carbocycles. The van der Waals surface area contributed by atoms with Gasteiger partial charge in [0.1, 0.15) is 11.4 Å². The van der Waals surface area contributed by atoms with Gasteiger partial charge in [-0.15, -0.1) is 5.10 Å². The topological polar surface area (TPSA) is 85.7 Å². The largest absolute Gasteiger partial charge is 0.494 e. The number of benzene rings is 2. The van der Waals surface area contributed by atoms with E-state index < -0.39 is 0 Å². The van der Waals surface area contributed by atoms with Crippen LogP contribution in [0.2, 0.25) is 0 Å². The Hall–Kier alpha value is -3.13. The molecule has 0 amide bonds. The number of aromatic amines is 1. The number of aromatic nitrogens is 5. The summed E-state index contributed by atoms with van der Waals surface area (Å²) in [5.41, 5.74) is 3.41. The maximum Gasteiger partial charge on any atom is 0.214 e. The Kier molecular flexibility index (Phi) is 4.87. The van der Waals surface area contributed by atoms with Gasteiger partial charge in [-0.05, 0) is 48.0 Å². The minimum Gasteiger partial charge on any atom is -0.494 e. The number of carbonyl (C=O) groups is 1. The molecule has 2 heterocycles. The van der Waals surface area contributed by atoms with E-state index in [1.807, 2.05) is 56.3 Å². The molecule has 0 aliphatic rings. The molecule has 1 N–H and O–H groups in total. The van der Waals surface area contributed by atoms with Crippen LogP contribution in [0.15, 0.2) is 53.8 Å². The quantitative estimate of drug-likeness (QED) is 0.396. The minimum atomic E-state index is -0.361. The summed E-state index contributed by atoms with van der Waals surface area (Å²) >= 11 is 1.32. The number of hydrogen-bond acceptors (Lipinski definition) is 6. The fourth-order valence-corrected chi connectivity index (χ4v) is 3.94. The van der Waals surface area contributed by atoms with Crippen molar-refractivity contribution in [1.29, 1.82) is 0 Å². The zero-order valence-corrected chi connectivity index (χ0v) is 16.5. The molecule has 8 heteroatoms. The summed E-state index contributed by atoms with van der Waals surface area (Å²) in [5, 5.41) is 13.1. The third kappa shape index (κ3) is 3.27. The first-order valence-corrected chi connectivity index (χ1v) is 9.67. The molecule has 4 aromatic rings. The number of tetrazole rings is 1. The molecule has 1 atom stereocenters. The van der Waals surface area contributed by atoms with E-state index in [2.05, 4.69) is 20.5 Å². The Labute approximate surface area is 166 Å². The van der Waals surface area contributed by atoms with Crippen LogP contribution in [0.4, 0.5) is 0 Å². The lowest BCUT2D eigenvalue weighted by Crippen LogP contribution is -2.14. The lowest BCUT2D eigenvalue weighted by Gasteiger charge is -2.12. The van der Waals surface area contributed by atoms with Crippen LogP contribution in [0, 0.1) is 6.92 Å². The standard InChI is InChI=1S/C20H19N5O2S/c1-12-8-9-18(27-3)17(10-12)25-20(22-23-24-25)28-13(2)19(26)15-11-21-16-7-5-4-6-14(15)16/h4-11,13,21H,1-3H3/t13-/m0/s1. The number of methoxy groups -OCH3 is 1. The molecule has 142 valence electrons. The van der Waals surface area contributed by atoms with Crippen LogP contribution in [0.25, 0.3) is 16.6 Å². The summed E-state index contributed by atoms with van der Waals surface area (Å²) in [7, 11) is 1.61. The van der Waals surface area contributed by atoms with Crippen molar-refractivity contribution >= 4 is 28.4 Å². The van der Waals surface area contributed by atoms with E-state index in [1.54, 1.807) is 18.0 Å². The molecular weight excluding hydrogens is 374 g/mol. The molecule has 0 saturated heterocycles. The summed E-state index contributed by atoms with van der Waals surface area (Å²) < 4.78 is 7.05. The number of nitrogens with zero attached hydrogens (tertiary/aromatic N) is 4. The van der Waals surface area contributed by atoms with E-state index >= 15 is 0 Å². The van der Waals surface area contributed by atoms with Gasteiger partial charge in [0.05, 0.1) is 12.4 Å². The number of ketones is 1. The molecule has 0 unspecified atom stereocenters. The van der Waals surface area contributed by atoms with E-state index in [0.29, 0.717) is 16.5 Å². The molecule has 0 aliphatic carbocycles. The highest BCUT2D eigenvalue weighted by molar-refractivity contribution is 8.00. The summed E-state index contributed by atoms with van der Waals surface area (Å²) in [6.45, 7) is 3.85. The summed E-state index contributed by atoms with van der Waals surface area (Å²) in [5.74, 6) is 0.684. The number of thioether (sulfide) groups is 1. The van der Waals surface area contributed by atoms with Gasteiger partial charge in [0.15, 0.2) is 5.78 Å². The predicted octanol–water partition coefficient (Wildman–Crippen LogP) is 3.82. The molecule has 0 radical (unpaired) electrons. The van der Waals surface area contributed by atoms with Crippen LogP contribution < -0.4 is 4.74 Å². The molecule has 0 fully saturated rings. The smallest absolute Gasteiger partial charge is 0.214 e. The van der Waals surface area contributed by atoms with Crippen molar-refractivity contribution in [2.45, 2.75) is 24.3 Å². The number of ether oxygens (including phenoxy) is 1.